The number of benzene rings is 1. The summed E-state index contributed by atoms with van der Waals surface area (Å²) in [4.78, 5) is 13.6. The Bertz CT molecular complexity index is 462. The molecule has 0 radical (unpaired) electrons. The number of halogens is 1. The first-order valence-corrected chi connectivity index (χ1v) is 6.65. The Morgan fingerprint density at radius 2 is 1.95 bits per heavy atom. The van der Waals surface area contributed by atoms with Gasteiger partial charge in [-0.25, -0.2) is 4.79 Å². The van der Waals surface area contributed by atoms with Crippen LogP contribution in [0, 0.1) is 0 Å². The van der Waals surface area contributed by atoms with Gasteiger partial charge in [0.05, 0.1) is 36.1 Å². The van der Waals surface area contributed by atoms with Gasteiger partial charge in [0, 0.05) is 18.8 Å². The molecule has 1 rings (SSSR count). The van der Waals surface area contributed by atoms with E-state index < -0.39 is 5.97 Å². The Labute approximate surface area is 122 Å². The van der Waals surface area contributed by atoms with E-state index in [0.29, 0.717) is 11.4 Å². The van der Waals surface area contributed by atoms with Crippen molar-refractivity contribution in [2.75, 3.05) is 43.5 Å². The zero-order chi connectivity index (χ0) is 15.1. The molecule has 20 heavy (non-hydrogen) atoms. The molecule has 0 unspecified atom stereocenters. The molecule has 0 heterocycles. The minimum absolute atomic E-state index is 0.136. The van der Waals surface area contributed by atoms with Gasteiger partial charge in [0.1, 0.15) is 0 Å². The summed E-state index contributed by atoms with van der Waals surface area (Å²) in [5, 5.41) is 18.5. The van der Waals surface area contributed by atoms with Crippen molar-refractivity contribution >= 4 is 28.9 Å². The third kappa shape index (κ3) is 4.00. The van der Waals surface area contributed by atoms with Gasteiger partial charge in [-0.1, -0.05) is 11.6 Å². The highest BCUT2D eigenvalue weighted by molar-refractivity contribution is 6.34. The van der Waals surface area contributed by atoms with E-state index >= 15 is 0 Å². The highest BCUT2D eigenvalue weighted by Gasteiger charge is 2.21. The van der Waals surface area contributed by atoms with E-state index in [1.807, 2.05) is 0 Å². The van der Waals surface area contributed by atoms with E-state index in [0.717, 1.165) is 0 Å². The van der Waals surface area contributed by atoms with Crippen LogP contribution in [0.1, 0.15) is 17.3 Å². The lowest BCUT2D eigenvalue weighted by molar-refractivity contribution is 0.0527. The zero-order valence-corrected chi connectivity index (χ0v) is 12.1. The predicted octanol–water partition coefficient (Wildman–Crippen LogP) is 0.890. The fourth-order valence-electron chi connectivity index (χ4n) is 1.88. The molecule has 0 aromatic heterocycles. The molecule has 0 saturated carbocycles. The number of nitrogen functional groups attached to an aromatic ring is 1. The van der Waals surface area contributed by atoms with Crippen molar-refractivity contribution in [3.63, 3.8) is 0 Å². The standard InChI is InChI=1S/C13H19ClN2O4/c1-2-20-13(19)10-7-9(15)8-11(14)12(10)16(3-5-17)4-6-18/h7-8,17-18H,2-6,15H2,1H3. The normalized spacial score (nSPS) is 10.4. The maximum absolute atomic E-state index is 12.0. The monoisotopic (exact) mass is 302 g/mol. The Hall–Kier alpha value is -1.50. The van der Waals surface area contributed by atoms with Crippen molar-refractivity contribution in [3.8, 4) is 0 Å². The van der Waals surface area contributed by atoms with Gasteiger partial charge < -0.3 is 25.6 Å². The van der Waals surface area contributed by atoms with Crippen molar-refractivity contribution in [3.05, 3.63) is 22.7 Å². The van der Waals surface area contributed by atoms with Crippen molar-refractivity contribution < 1.29 is 19.7 Å². The summed E-state index contributed by atoms with van der Waals surface area (Å²) in [5.41, 5.74) is 6.67. The number of esters is 1. The van der Waals surface area contributed by atoms with Gasteiger partial charge in [-0.15, -0.1) is 0 Å². The molecule has 0 aliphatic carbocycles. The number of hydrogen-bond donors (Lipinski definition) is 3. The minimum Gasteiger partial charge on any atom is -0.462 e. The van der Waals surface area contributed by atoms with E-state index in [2.05, 4.69) is 0 Å². The summed E-state index contributed by atoms with van der Waals surface area (Å²) in [6.07, 6.45) is 0. The van der Waals surface area contributed by atoms with E-state index in [9.17, 15) is 4.79 Å². The van der Waals surface area contributed by atoms with Crippen molar-refractivity contribution in [1.82, 2.24) is 0 Å². The molecule has 0 fully saturated rings. The number of rotatable bonds is 7. The molecule has 112 valence electrons. The van der Waals surface area contributed by atoms with Crippen LogP contribution in [0.3, 0.4) is 0 Å². The number of carbonyl (C=O) groups is 1. The SMILES string of the molecule is CCOC(=O)c1cc(N)cc(Cl)c1N(CCO)CCO. The average Bonchev–Trinajstić information content (AvgIpc) is 2.38. The Kier molecular flexibility index (Phi) is 6.57. The third-order valence-corrected chi connectivity index (χ3v) is 2.93. The summed E-state index contributed by atoms with van der Waals surface area (Å²) in [5.74, 6) is -0.544. The Morgan fingerprint density at radius 3 is 2.45 bits per heavy atom. The molecular formula is C13H19ClN2O4. The predicted molar refractivity (Wildman–Crippen MR) is 78.2 cm³/mol. The maximum Gasteiger partial charge on any atom is 0.340 e. The number of aliphatic hydroxyl groups is 2. The summed E-state index contributed by atoms with van der Waals surface area (Å²) < 4.78 is 4.98. The van der Waals surface area contributed by atoms with Crippen LogP contribution in [0.5, 0.6) is 0 Å². The van der Waals surface area contributed by atoms with Crippen LogP contribution in [0.4, 0.5) is 11.4 Å². The summed E-state index contributed by atoms with van der Waals surface area (Å²) in [6.45, 7) is 2.12. The Balaban J connectivity index is 3.29. The first kappa shape index (κ1) is 16.6. The fourth-order valence-corrected chi connectivity index (χ4v) is 2.23. The number of anilines is 2. The van der Waals surface area contributed by atoms with Gasteiger partial charge in [-0.05, 0) is 19.1 Å². The lowest BCUT2D eigenvalue weighted by atomic mass is 10.1. The van der Waals surface area contributed by atoms with E-state index in [-0.39, 0.29) is 43.5 Å². The van der Waals surface area contributed by atoms with E-state index in [1.54, 1.807) is 11.8 Å². The second-order valence-corrected chi connectivity index (χ2v) is 4.46. The summed E-state index contributed by atoms with van der Waals surface area (Å²) in [6, 6.07) is 2.99. The molecule has 7 heteroatoms. The average molecular weight is 303 g/mol. The topological polar surface area (TPSA) is 96.0 Å². The molecule has 0 amide bonds. The van der Waals surface area contributed by atoms with Crippen LogP contribution in [0.25, 0.3) is 0 Å². The highest BCUT2D eigenvalue weighted by Crippen LogP contribution is 2.33. The molecule has 0 saturated heterocycles. The van der Waals surface area contributed by atoms with E-state index in [1.165, 1.54) is 12.1 Å². The van der Waals surface area contributed by atoms with Gasteiger partial charge in [-0.3, -0.25) is 0 Å². The molecule has 1 aromatic rings. The van der Waals surface area contributed by atoms with Crippen LogP contribution in [0.2, 0.25) is 5.02 Å². The van der Waals surface area contributed by atoms with Gasteiger partial charge in [0.15, 0.2) is 0 Å². The van der Waals surface area contributed by atoms with Gasteiger partial charge in [-0.2, -0.15) is 0 Å². The number of nitrogens with zero attached hydrogens (tertiary/aromatic N) is 1. The minimum atomic E-state index is -0.544. The number of aliphatic hydroxyl groups excluding tert-OH is 2. The van der Waals surface area contributed by atoms with Gasteiger partial charge in [0.25, 0.3) is 0 Å². The van der Waals surface area contributed by atoms with Crippen molar-refractivity contribution in [1.29, 1.82) is 0 Å². The summed E-state index contributed by atoms with van der Waals surface area (Å²) >= 11 is 6.15. The molecule has 4 N–H and O–H groups in total. The molecule has 0 atom stereocenters. The zero-order valence-electron chi connectivity index (χ0n) is 11.3. The number of ether oxygens (including phenoxy) is 1. The fraction of sp³-hybridized carbons (Fsp3) is 0.462. The molecule has 1 aromatic carbocycles. The maximum atomic E-state index is 12.0. The lowest BCUT2D eigenvalue weighted by Crippen LogP contribution is -2.31. The molecule has 0 bridgehead atoms. The van der Waals surface area contributed by atoms with Gasteiger partial charge in [0.2, 0.25) is 0 Å². The first-order valence-electron chi connectivity index (χ1n) is 6.27. The first-order chi connectivity index (χ1) is 9.54. The second-order valence-electron chi connectivity index (χ2n) is 4.05. The molecule has 6 nitrogen and oxygen atoms in total. The Morgan fingerprint density at radius 1 is 1.35 bits per heavy atom. The quantitative estimate of drug-likeness (QED) is 0.511. The lowest BCUT2D eigenvalue weighted by Gasteiger charge is -2.26. The van der Waals surface area contributed by atoms with Crippen LogP contribution in [0.15, 0.2) is 12.1 Å². The number of hydrogen-bond acceptors (Lipinski definition) is 6. The van der Waals surface area contributed by atoms with Crippen molar-refractivity contribution in [2.24, 2.45) is 0 Å². The smallest absolute Gasteiger partial charge is 0.340 e. The molecule has 0 aliphatic rings. The summed E-state index contributed by atoms with van der Waals surface area (Å²) in [7, 11) is 0. The largest absolute Gasteiger partial charge is 0.462 e. The van der Waals surface area contributed by atoms with Crippen molar-refractivity contribution in [2.45, 2.75) is 6.92 Å². The second kappa shape index (κ2) is 7.94. The molecular weight excluding hydrogens is 284 g/mol. The molecule has 0 aliphatic heterocycles. The van der Waals surface area contributed by atoms with E-state index in [4.69, 9.17) is 32.3 Å². The van der Waals surface area contributed by atoms with Gasteiger partial charge >= 0.3 is 5.97 Å². The van der Waals surface area contributed by atoms with Crippen LogP contribution < -0.4 is 10.6 Å². The van der Waals surface area contributed by atoms with Crippen LogP contribution >= 0.6 is 11.6 Å². The van der Waals surface area contributed by atoms with Crippen LogP contribution in [-0.4, -0.2) is 49.1 Å². The highest BCUT2D eigenvalue weighted by atomic mass is 35.5. The van der Waals surface area contributed by atoms with Crippen LogP contribution in [-0.2, 0) is 4.74 Å². The molecule has 0 spiro atoms. The number of nitrogens with two attached hydrogens (primary N) is 1. The number of carbonyl (C=O) groups excluding carboxylic acids is 1. The third-order valence-electron chi connectivity index (χ3n) is 2.64.